The summed E-state index contributed by atoms with van der Waals surface area (Å²) in [4.78, 5) is 23.8. The molecule has 2 atom stereocenters. The molecule has 0 spiro atoms. The van der Waals surface area contributed by atoms with Gasteiger partial charge in [0.2, 0.25) is 5.91 Å². The van der Waals surface area contributed by atoms with Crippen LogP contribution in [0.15, 0.2) is 24.3 Å². The molecular weight excluding hydrogens is 261 g/mol. The van der Waals surface area contributed by atoms with E-state index in [0.717, 1.165) is 5.56 Å². The summed E-state index contributed by atoms with van der Waals surface area (Å²) in [5.41, 5.74) is 0.917. The molecule has 0 aromatic heterocycles. The van der Waals surface area contributed by atoms with Crippen LogP contribution >= 0.6 is 0 Å². The standard InChI is InChI=1S/C15H18FNO3/c1-2-20-15(19)13-11(7-8-17-14(13)18)9-10-3-5-12(16)6-4-10/h3-6,11,13H,2,7-9H2,1H3,(H,17,18). The SMILES string of the molecule is CCOC(=O)C1C(=O)NCCC1Cc1ccc(F)cc1. The molecule has 0 radical (unpaired) electrons. The predicted molar refractivity (Wildman–Crippen MR) is 71.3 cm³/mol. The Balaban J connectivity index is 2.12. The van der Waals surface area contributed by atoms with Crippen LogP contribution in [-0.2, 0) is 20.7 Å². The number of hydrogen-bond donors (Lipinski definition) is 1. The zero-order valence-corrected chi connectivity index (χ0v) is 11.4. The van der Waals surface area contributed by atoms with Crippen LogP contribution in [0.3, 0.4) is 0 Å². The van der Waals surface area contributed by atoms with Crippen molar-refractivity contribution in [3.63, 3.8) is 0 Å². The van der Waals surface area contributed by atoms with Gasteiger partial charge in [0.15, 0.2) is 0 Å². The number of nitrogens with one attached hydrogen (secondary N) is 1. The van der Waals surface area contributed by atoms with Crippen molar-refractivity contribution < 1.29 is 18.7 Å². The molecule has 2 unspecified atom stereocenters. The number of piperidine rings is 1. The zero-order valence-electron chi connectivity index (χ0n) is 11.4. The minimum Gasteiger partial charge on any atom is -0.465 e. The van der Waals surface area contributed by atoms with E-state index in [2.05, 4.69) is 5.32 Å². The van der Waals surface area contributed by atoms with Gasteiger partial charge in [0.1, 0.15) is 11.7 Å². The summed E-state index contributed by atoms with van der Waals surface area (Å²) in [7, 11) is 0. The fraction of sp³-hybridized carbons (Fsp3) is 0.467. The van der Waals surface area contributed by atoms with Crippen LogP contribution in [0.1, 0.15) is 18.9 Å². The summed E-state index contributed by atoms with van der Waals surface area (Å²) in [6.45, 7) is 2.53. The van der Waals surface area contributed by atoms with E-state index >= 15 is 0 Å². The molecule has 1 aliphatic heterocycles. The van der Waals surface area contributed by atoms with Crippen LogP contribution in [0, 0.1) is 17.7 Å². The molecule has 0 bridgehead atoms. The number of esters is 1. The van der Waals surface area contributed by atoms with Gasteiger partial charge in [-0.3, -0.25) is 9.59 Å². The fourth-order valence-electron chi connectivity index (χ4n) is 2.55. The molecule has 1 amide bonds. The third-order valence-corrected chi connectivity index (χ3v) is 3.52. The van der Waals surface area contributed by atoms with Crippen molar-refractivity contribution in [1.29, 1.82) is 0 Å². The second kappa shape index (κ2) is 6.50. The molecule has 1 saturated heterocycles. The fourth-order valence-corrected chi connectivity index (χ4v) is 2.55. The van der Waals surface area contributed by atoms with Crippen LogP contribution in [0.4, 0.5) is 4.39 Å². The molecule has 0 aliphatic carbocycles. The first kappa shape index (κ1) is 14.5. The molecular formula is C15H18FNO3. The Bertz CT molecular complexity index is 486. The molecule has 0 saturated carbocycles. The Morgan fingerprint density at radius 3 is 2.75 bits per heavy atom. The molecule has 1 heterocycles. The summed E-state index contributed by atoms with van der Waals surface area (Å²) in [5.74, 6) is -1.92. The number of halogens is 1. The summed E-state index contributed by atoms with van der Waals surface area (Å²) in [5, 5.41) is 2.70. The maximum absolute atomic E-state index is 12.9. The highest BCUT2D eigenvalue weighted by atomic mass is 19.1. The molecule has 108 valence electrons. The van der Waals surface area contributed by atoms with E-state index < -0.39 is 11.9 Å². The quantitative estimate of drug-likeness (QED) is 0.674. The maximum atomic E-state index is 12.9. The molecule has 1 aromatic carbocycles. The maximum Gasteiger partial charge on any atom is 0.318 e. The number of carbonyl (C=O) groups excluding carboxylic acids is 2. The average Bonchev–Trinajstić information content (AvgIpc) is 2.42. The van der Waals surface area contributed by atoms with E-state index in [0.29, 0.717) is 19.4 Å². The number of amides is 1. The van der Waals surface area contributed by atoms with Gasteiger partial charge in [-0.2, -0.15) is 0 Å². The van der Waals surface area contributed by atoms with Crippen LogP contribution in [0.5, 0.6) is 0 Å². The van der Waals surface area contributed by atoms with Crippen molar-refractivity contribution >= 4 is 11.9 Å². The van der Waals surface area contributed by atoms with Crippen molar-refractivity contribution in [1.82, 2.24) is 5.32 Å². The van der Waals surface area contributed by atoms with Gasteiger partial charge in [0, 0.05) is 6.54 Å². The number of ether oxygens (including phenoxy) is 1. The topological polar surface area (TPSA) is 55.4 Å². The van der Waals surface area contributed by atoms with Gasteiger partial charge < -0.3 is 10.1 Å². The van der Waals surface area contributed by atoms with E-state index in [-0.39, 0.29) is 24.2 Å². The predicted octanol–water partition coefficient (Wildman–Crippen LogP) is 1.68. The molecule has 5 heteroatoms. The Kier molecular flexibility index (Phi) is 4.71. The molecule has 2 rings (SSSR count). The third-order valence-electron chi connectivity index (χ3n) is 3.52. The lowest BCUT2D eigenvalue weighted by atomic mass is 9.81. The summed E-state index contributed by atoms with van der Waals surface area (Å²) < 4.78 is 17.9. The van der Waals surface area contributed by atoms with Gasteiger partial charge in [0.05, 0.1) is 6.61 Å². The number of carbonyl (C=O) groups is 2. The average molecular weight is 279 g/mol. The van der Waals surface area contributed by atoms with E-state index in [9.17, 15) is 14.0 Å². The lowest BCUT2D eigenvalue weighted by Gasteiger charge is -2.29. The zero-order chi connectivity index (χ0) is 14.5. The molecule has 1 N–H and O–H groups in total. The van der Waals surface area contributed by atoms with Crippen LogP contribution in [0.2, 0.25) is 0 Å². The first-order chi connectivity index (χ1) is 9.61. The minimum absolute atomic E-state index is 0.103. The lowest BCUT2D eigenvalue weighted by molar-refractivity contribution is -0.155. The number of benzene rings is 1. The smallest absolute Gasteiger partial charge is 0.318 e. The van der Waals surface area contributed by atoms with E-state index in [1.807, 2.05) is 0 Å². The molecule has 20 heavy (non-hydrogen) atoms. The molecule has 1 fully saturated rings. The minimum atomic E-state index is -0.770. The van der Waals surface area contributed by atoms with E-state index in [1.54, 1.807) is 19.1 Å². The molecule has 1 aromatic rings. The first-order valence-electron chi connectivity index (χ1n) is 6.80. The van der Waals surface area contributed by atoms with Crippen LogP contribution < -0.4 is 5.32 Å². The summed E-state index contributed by atoms with van der Waals surface area (Å²) in [6.07, 6.45) is 1.28. The van der Waals surface area contributed by atoms with Gasteiger partial charge >= 0.3 is 5.97 Å². The Hall–Kier alpha value is -1.91. The van der Waals surface area contributed by atoms with Crippen LogP contribution in [-0.4, -0.2) is 25.0 Å². The highest BCUT2D eigenvalue weighted by molar-refractivity contribution is 5.98. The van der Waals surface area contributed by atoms with E-state index in [4.69, 9.17) is 4.74 Å². The van der Waals surface area contributed by atoms with Gasteiger partial charge in [-0.15, -0.1) is 0 Å². The highest BCUT2D eigenvalue weighted by Gasteiger charge is 2.38. The van der Waals surface area contributed by atoms with Crippen molar-refractivity contribution in [2.45, 2.75) is 19.8 Å². The number of rotatable bonds is 4. The second-order valence-corrected chi connectivity index (χ2v) is 4.90. The lowest BCUT2D eigenvalue weighted by Crippen LogP contribution is -2.47. The number of hydrogen-bond acceptors (Lipinski definition) is 3. The Morgan fingerprint density at radius 1 is 1.40 bits per heavy atom. The van der Waals surface area contributed by atoms with Gasteiger partial charge in [-0.05, 0) is 43.4 Å². The van der Waals surface area contributed by atoms with Gasteiger partial charge in [0.25, 0.3) is 0 Å². The van der Waals surface area contributed by atoms with Crippen molar-refractivity contribution in [2.75, 3.05) is 13.2 Å². The molecule has 1 aliphatic rings. The normalized spacial score (nSPS) is 22.2. The third kappa shape index (κ3) is 3.35. The summed E-state index contributed by atoms with van der Waals surface area (Å²) >= 11 is 0. The van der Waals surface area contributed by atoms with Crippen molar-refractivity contribution in [2.24, 2.45) is 11.8 Å². The molecule has 4 nitrogen and oxygen atoms in total. The van der Waals surface area contributed by atoms with E-state index in [1.165, 1.54) is 12.1 Å². The van der Waals surface area contributed by atoms with Crippen molar-refractivity contribution in [3.8, 4) is 0 Å². The first-order valence-corrected chi connectivity index (χ1v) is 6.80. The van der Waals surface area contributed by atoms with Crippen LogP contribution in [0.25, 0.3) is 0 Å². The largest absolute Gasteiger partial charge is 0.465 e. The Morgan fingerprint density at radius 2 is 2.10 bits per heavy atom. The Labute approximate surface area is 117 Å². The summed E-state index contributed by atoms with van der Waals surface area (Å²) in [6, 6.07) is 6.14. The monoisotopic (exact) mass is 279 g/mol. The van der Waals surface area contributed by atoms with Gasteiger partial charge in [-0.1, -0.05) is 12.1 Å². The van der Waals surface area contributed by atoms with Gasteiger partial charge in [-0.25, -0.2) is 4.39 Å². The van der Waals surface area contributed by atoms with Crippen molar-refractivity contribution in [3.05, 3.63) is 35.6 Å². The second-order valence-electron chi connectivity index (χ2n) is 4.90. The highest BCUT2D eigenvalue weighted by Crippen LogP contribution is 2.25.